The molecule has 0 radical (unpaired) electrons. The normalized spacial score (nSPS) is 14.0. The lowest BCUT2D eigenvalue weighted by atomic mass is 10.1. The van der Waals surface area contributed by atoms with E-state index >= 15 is 0 Å². The number of rotatable bonds is 6. The molecule has 0 aromatic heterocycles. The van der Waals surface area contributed by atoms with Crippen molar-refractivity contribution in [1.29, 1.82) is 0 Å². The van der Waals surface area contributed by atoms with Gasteiger partial charge in [0.05, 0.1) is 6.04 Å². The summed E-state index contributed by atoms with van der Waals surface area (Å²) in [6.45, 7) is 0.822. The number of carbonyl (C=O) groups is 2. The lowest BCUT2D eigenvalue weighted by molar-refractivity contribution is -0.139. The molecule has 2 aromatic rings. The molecule has 0 spiro atoms. The first-order valence-corrected chi connectivity index (χ1v) is 8.07. The third kappa shape index (κ3) is 4.16. The highest BCUT2D eigenvalue weighted by Gasteiger charge is 2.26. The average molecular weight is 340 g/mol. The van der Waals surface area contributed by atoms with E-state index in [0.717, 1.165) is 5.56 Å². The van der Waals surface area contributed by atoms with Crippen LogP contribution in [0.15, 0.2) is 48.5 Å². The van der Waals surface area contributed by atoms with Gasteiger partial charge in [-0.2, -0.15) is 0 Å². The van der Waals surface area contributed by atoms with Gasteiger partial charge in [0, 0.05) is 13.1 Å². The number of nitrogens with two attached hydrogens (primary N) is 1. The van der Waals surface area contributed by atoms with Gasteiger partial charge >= 0.3 is 5.97 Å². The zero-order chi connectivity index (χ0) is 17.8. The molecule has 0 bridgehead atoms. The van der Waals surface area contributed by atoms with Crippen molar-refractivity contribution < 1.29 is 19.4 Å². The monoisotopic (exact) mass is 340 g/mol. The summed E-state index contributed by atoms with van der Waals surface area (Å²) in [4.78, 5) is 24.8. The van der Waals surface area contributed by atoms with Crippen LogP contribution in [0, 0.1) is 0 Å². The Labute approximate surface area is 145 Å². The number of fused-ring (bicyclic) bond motifs is 1. The summed E-state index contributed by atoms with van der Waals surface area (Å²) in [6.07, 6.45) is 0.422. The number of carboxylic acid groups (broad SMARTS) is 1. The molecule has 1 aliphatic rings. The molecule has 0 unspecified atom stereocenters. The number of nitrogens with zero attached hydrogens (tertiary/aromatic N) is 1. The molecular weight excluding hydrogens is 320 g/mol. The molecule has 3 rings (SSSR count). The van der Waals surface area contributed by atoms with Crippen molar-refractivity contribution in [1.82, 2.24) is 4.90 Å². The van der Waals surface area contributed by atoms with Crippen molar-refractivity contribution in [3.8, 4) is 5.75 Å². The van der Waals surface area contributed by atoms with E-state index in [-0.39, 0.29) is 12.5 Å². The molecule has 0 fully saturated rings. The predicted octanol–water partition coefficient (Wildman–Crippen LogP) is 1.56. The molecule has 0 saturated carbocycles. The molecule has 6 heteroatoms. The van der Waals surface area contributed by atoms with Crippen LogP contribution in [-0.2, 0) is 29.1 Å². The minimum absolute atomic E-state index is 0.0672. The smallest absolute Gasteiger partial charge is 0.341 e. The molecule has 1 heterocycles. The second-order valence-electron chi connectivity index (χ2n) is 6.10. The Morgan fingerprint density at radius 2 is 1.68 bits per heavy atom. The molecule has 0 saturated heterocycles. The molecule has 130 valence electrons. The Balaban J connectivity index is 1.56. The van der Waals surface area contributed by atoms with Gasteiger partial charge in [0.2, 0.25) is 5.91 Å². The average Bonchev–Trinajstić information content (AvgIpc) is 3.04. The second-order valence-corrected chi connectivity index (χ2v) is 6.10. The largest absolute Gasteiger partial charge is 0.482 e. The highest BCUT2D eigenvalue weighted by Crippen LogP contribution is 2.23. The number of ether oxygens (including phenoxy) is 1. The molecule has 6 nitrogen and oxygen atoms in total. The van der Waals surface area contributed by atoms with Crippen LogP contribution in [0.2, 0.25) is 0 Å². The van der Waals surface area contributed by atoms with E-state index in [1.54, 1.807) is 29.2 Å². The highest BCUT2D eigenvalue weighted by atomic mass is 16.5. The first-order chi connectivity index (χ1) is 12.0. The van der Waals surface area contributed by atoms with Gasteiger partial charge in [-0.3, -0.25) is 4.79 Å². The minimum Gasteiger partial charge on any atom is -0.482 e. The molecule has 1 atom stereocenters. The van der Waals surface area contributed by atoms with Gasteiger partial charge in [0.25, 0.3) is 0 Å². The number of aliphatic carboxylic acids is 1. The molecule has 1 aliphatic heterocycles. The summed E-state index contributed by atoms with van der Waals surface area (Å²) >= 11 is 0. The zero-order valence-corrected chi connectivity index (χ0v) is 13.7. The fraction of sp³-hybridized carbons (Fsp3) is 0.263. The van der Waals surface area contributed by atoms with Crippen LogP contribution in [0.3, 0.4) is 0 Å². The van der Waals surface area contributed by atoms with Crippen molar-refractivity contribution >= 4 is 11.9 Å². The van der Waals surface area contributed by atoms with Gasteiger partial charge in [-0.05, 0) is 35.2 Å². The van der Waals surface area contributed by atoms with Crippen LogP contribution < -0.4 is 10.5 Å². The molecule has 1 amide bonds. The fourth-order valence-corrected chi connectivity index (χ4v) is 2.93. The van der Waals surface area contributed by atoms with Crippen molar-refractivity contribution in [2.45, 2.75) is 25.6 Å². The number of carboxylic acids is 1. The molecule has 2 aromatic carbocycles. The van der Waals surface area contributed by atoms with E-state index in [9.17, 15) is 9.59 Å². The predicted molar refractivity (Wildman–Crippen MR) is 91.9 cm³/mol. The fourth-order valence-electron chi connectivity index (χ4n) is 2.93. The van der Waals surface area contributed by atoms with Gasteiger partial charge in [-0.25, -0.2) is 4.79 Å². The first-order valence-electron chi connectivity index (χ1n) is 8.07. The van der Waals surface area contributed by atoms with Crippen molar-refractivity contribution in [3.05, 3.63) is 65.2 Å². The van der Waals surface area contributed by atoms with Crippen LogP contribution in [0.25, 0.3) is 0 Å². The maximum Gasteiger partial charge on any atom is 0.341 e. The van der Waals surface area contributed by atoms with E-state index in [4.69, 9.17) is 15.6 Å². The maximum absolute atomic E-state index is 12.6. The summed E-state index contributed by atoms with van der Waals surface area (Å²) in [6, 6.07) is 14.4. The SMILES string of the molecule is N[C@H](Cc1ccc(OCC(=O)O)cc1)C(=O)N1Cc2ccccc2C1. The van der Waals surface area contributed by atoms with E-state index in [2.05, 4.69) is 0 Å². The number of amides is 1. The summed E-state index contributed by atoms with van der Waals surface area (Å²) in [5.41, 5.74) is 9.34. The van der Waals surface area contributed by atoms with Gasteiger partial charge in [-0.1, -0.05) is 36.4 Å². The van der Waals surface area contributed by atoms with Crippen molar-refractivity contribution in [2.24, 2.45) is 5.73 Å². The van der Waals surface area contributed by atoms with Crippen LogP contribution in [0.5, 0.6) is 5.75 Å². The second kappa shape index (κ2) is 7.36. The Bertz CT molecular complexity index is 748. The van der Waals surface area contributed by atoms with E-state index in [1.165, 1.54) is 11.1 Å². The van der Waals surface area contributed by atoms with E-state index < -0.39 is 12.0 Å². The third-order valence-electron chi connectivity index (χ3n) is 4.21. The number of hydrogen-bond acceptors (Lipinski definition) is 4. The standard InChI is InChI=1S/C19H20N2O4/c20-17(9-13-5-7-16(8-6-13)25-12-18(22)23)19(24)21-10-14-3-1-2-4-15(14)11-21/h1-8,17H,9-12,20H2,(H,22,23)/t17-/m1/s1. The quantitative estimate of drug-likeness (QED) is 0.832. The van der Waals surface area contributed by atoms with Crippen molar-refractivity contribution in [2.75, 3.05) is 6.61 Å². The summed E-state index contributed by atoms with van der Waals surface area (Å²) < 4.78 is 5.09. The van der Waals surface area contributed by atoms with Gasteiger partial charge in [-0.15, -0.1) is 0 Å². The number of benzene rings is 2. The molecule has 0 aliphatic carbocycles. The van der Waals surface area contributed by atoms with Crippen molar-refractivity contribution in [3.63, 3.8) is 0 Å². The van der Waals surface area contributed by atoms with Gasteiger partial charge in [0.15, 0.2) is 6.61 Å². The third-order valence-corrected chi connectivity index (χ3v) is 4.21. The minimum atomic E-state index is -1.02. The summed E-state index contributed by atoms with van der Waals surface area (Å²) in [5, 5.41) is 8.59. The topological polar surface area (TPSA) is 92.9 Å². The van der Waals surface area contributed by atoms with E-state index in [1.807, 2.05) is 24.3 Å². The lowest BCUT2D eigenvalue weighted by Gasteiger charge is -2.20. The number of hydrogen-bond donors (Lipinski definition) is 2. The van der Waals surface area contributed by atoms with Crippen LogP contribution in [0.1, 0.15) is 16.7 Å². The van der Waals surface area contributed by atoms with Gasteiger partial charge < -0.3 is 20.5 Å². The Morgan fingerprint density at radius 3 is 2.24 bits per heavy atom. The lowest BCUT2D eigenvalue weighted by Crippen LogP contribution is -2.42. The summed E-state index contributed by atoms with van der Waals surface area (Å²) in [5.74, 6) is -0.619. The molecule has 3 N–H and O–H groups in total. The molecule has 25 heavy (non-hydrogen) atoms. The summed E-state index contributed by atoms with van der Waals surface area (Å²) in [7, 11) is 0. The molecular formula is C19H20N2O4. The van der Waals surface area contributed by atoms with Crippen LogP contribution in [-0.4, -0.2) is 34.5 Å². The van der Waals surface area contributed by atoms with Crippen LogP contribution >= 0.6 is 0 Å². The van der Waals surface area contributed by atoms with Crippen LogP contribution in [0.4, 0.5) is 0 Å². The maximum atomic E-state index is 12.6. The Kier molecular flexibility index (Phi) is 5.00. The Hall–Kier alpha value is -2.86. The zero-order valence-electron chi connectivity index (χ0n) is 13.7. The number of carbonyl (C=O) groups excluding carboxylic acids is 1. The van der Waals surface area contributed by atoms with E-state index in [0.29, 0.717) is 25.3 Å². The Morgan fingerprint density at radius 1 is 1.08 bits per heavy atom. The van der Waals surface area contributed by atoms with Gasteiger partial charge in [0.1, 0.15) is 5.75 Å². The highest BCUT2D eigenvalue weighted by molar-refractivity contribution is 5.82. The first kappa shape index (κ1) is 17.0.